The molecule has 1 heterocycles. The maximum absolute atomic E-state index is 6.36. The lowest BCUT2D eigenvalue weighted by Crippen LogP contribution is -2.41. The molecule has 0 atom stereocenters. The Labute approximate surface area is 104 Å². The molecule has 1 aliphatic rings. The highest BCUT2D eigenvalue weighted by Crippen LogP contribution is 2.50. The second-order valence-electron chi connectivity index (χ2n) is 4.08. The molecule has 0 aromatic heterocycles. The molecule has 15 heavy (non-hydrogen) atoms. The van der Waals surface area contributed by atoms with Crippen molar-refractivity contribution in [1.82, 2.24) is 0 Å². The van der Waals surface area contributed by atoms with Crippen LogP contribution in [-0.2, 0) is 4.33 Å². The fraction of sp³-hybridized carbons (Fsp3) is 0.364. The van der Waals surface area contributed by atoms with Crippen LogP contribution >= 0.6 is 34.8 Å². The SMILES string of the molecule is CC1(C)N=C(Cl)c2ccccc2C1(Cl)Cl. The van der Waals surface area contributed by atoms with E-state index in [1.54, 1.807) is 0 Å². The van der Waals surface area contributed by atoms with Crippen molar-refractivity contribution in [3.63, 3.8) is 0 Å². The predicted molar refractivity (Wildman–Crippen MR) is 66.3 cm³/mol. The van der Waals surface area contributed by atoms with Crippen molar-refractivity contribution in [2.24, 2.45) is 4.99 Å². The molecule has 1 aromatic carbocycles. The van der Waals surface area contributed by atoms with Crippen molar-refractivity contribution in [3.05, 3.63) is 35.4 Å². The summed E-state index contributed by atoms with van der Waals surface area (Å²) < 4.78 is -1.04. The largest absolute Gasteiger partial charge is 0.263 e. The molecule has 2 rings (SSSR count). The quantitative estimate of drug-likeness (QED) is 0.624. The molecule has 4 heteroatoms. The summed E-state index contributed by atoms with van der Waals surface area (Å²) in [5.41, 5.74) is 1.00. The summed E-state index contributed by atoms with van der Waals surface area (Å²) in [7, 11) is 0. The number of hydrogen-bond donors (Lipinski definition) is 0. The van der Waals surface area contributed by atoms with Crippen molar-refractivity contribution in [2.75, 3.05) is 0 Å². The van der Waals surface area contributed by atoms with E-state index >= 15 is 0 Å². The molecule has 0 aliphatic carbocycles. The zero-order valence-electron chi connectivity index (χ0n) is 8.39. The van der Waals surface area contributed by atoms with Crippen LogP contribution in [0.15, 0.2) is 29.3 Å². The Hall–Kier alpha value is -0.240. The van der Waals surface area contributed by atoms with Gasteiger partial charge < -0.3 is 0 Å². The summed E-state index contributed by atoms with van der Waals surface area (Å²) in [6.45, 7) is 3.73. The second kappa shape index (κ2) is 3.38. The number of halogens is 3. The number of alkyl halides is 2. The van der Waals surface area contributed by atoms with Gasteiger partial charge in [-0.25, -0.2) is 0 Å². The molecule has 1 aliphatic heterocycles. The smallest absolute Gasteiger partial charge is 0.168 e. The molecule has 0 unspecified atom stereocenters. The van der Waals surface area contributed by atoms with Crippen LogP contribution in [0.1, 0.15) is 25.0 Å². The fourth-order valence-electron chi connectivity index (χ4n) is 1.64. The Morgan fingerprint density at radius 1 is 1.13 bits per heavy atom. The number of rotatable bonds is 0. The van der Waals surface area contributed by atoms with E-state index in [4.69, 9.17) is 34.8 Å². The lowest BCUT2D eigenvalue weighted by atomic mass is 9.88. The molecule has 0 bridgehead atoms. The van der Waals surface area contributed by atoms with Gasteiger partial charge in [0.25, 0.3) is 0 Å². The maximum atomic E-state index is 6.36. The third-order valence-electron chi connectivity index (χ3n) is 2.63. The molecule has 0 saturated carbocycles. The molecule has 0 radical (unpaired) electrons. The number of fused-ring (bicyclic) bond motifs is 1. The minimum atomic E-state index is -1.04. The summed E-state index contributed by atoms with van der Waals surface area (Å²) in [5.74, 6) is 0. The molecule has 80 valence electrons. The van der Waals surface area contributed by atoms with Gasteiger partial charge in [-0.3, -0.25) is 4.99 Å². The molecular formula is C11H10Cl3N. The monoisotopic (exact) mass is 261 g/mol. The van der Waals surface area contributed by atoms with E-state index in [9.17, 15) is 0 Å². The first kappa shape index (κ1) is 11.3. The zero-order valence-corrected chi connectivity index (χ0v) is 10.7. The van der Waals surface area contributed by atoms with Gasteiger partial charge in [0.1, 0.15) is 5.17 Å². The molecular weight excluding hydrogens is 252 g/mol. The van der Waals surface area contributed by atoms with Gasteiger partial charge in [0, 0.05) is 11.1 Å². The van der Waals surface area contributed by atoms with Crippen LogP contribution in [0.5, 0.6) is 0 Å². The lowest BCUT2D eigenvalue weighted by Gasteiger charge is -2.38. The average Bonchev–Trinajstić information content (AvgIpc) is 2.15. The Morgan fingerprint density at radius 2 is 1.73 bits per heavy atom. The summed E-state index contributed by atoms with van der Waals surface area (Å²) >= 11 is 18.8. The normalized spacial score (nSPS) is 21.8. The molecule has 1 nitrogen and oxygen atoms in total. The Bertz CT molecular complexity index is 435. The average molecular weight is 263 g/mol. The van der Waals surface area contributed by atoms with Crippen molar-refractivity contribution in [2.45, 2.75) is 23.7 Å². The molecule has 0 saturated heterocycles. The second-order valence-corrected chi connectivity index (χ2v) is 5.77. The van der Waals surface area contributed by atoms with Gasteiger partial charge in [0.2, 0.25) is 0 Å². The number of benzene rings is 1. The van der Waals surface area contributed by atoms with Gasteiger partial charge in [-0.2, -0.15) is 0 Å². The minimum absolute atomic E-state index is 0.465. The minimum Gasteiger partial charge on any atom is -0.263 e. The van der Waals surface area contributed by atoms with Crippen LogP contribution in [0.2, 0.25) is 0 Å². The zero-order chi connectivity index (χ0) is 11.3. The lowest BCUT2D eigenvalue weighted by molar-refractivity contribution is 0.458. The number of aliphatic imine (C=N–C) groups is 1. The summed E-state index contributed by atoms with van der Waals surface area (Å²) in [5, 5.41) is 0.465. The number of hydrogen-bond acceptors (Lipinski definition) is 1. The van der Waals surface area contributed by atoms with Crippen molar-refractivity contribution in [3.8, 4) is 0 Å². The van der Waals surface area contributed by atoms with Crippen LogP contribution < -0.4 is 0 Å². The summed E-state index contributed by atoms with van der Waals surface area (Å²) in [6, 6.07) is 7.53. The number of nitrogens with zero attached hydrogens (tertiary/aromatic N) is 1. The van der Waals surface area contributed by atoms with Gasteiger partial charge in [-0.15, -0.1) is 0 Å². The molecule has 1 aromatic rings. The Balaban J connectivity index is 2.73. The van der Waals surface area contributed by atoms with Gasteiger partial charge in [0.05, 0.1) is 5.54 Å². The van der Waals surface area contributed by atoms with Gasteiger partial charge in [-0.1, -0.05) is 59.1 Å². The van der Waals surface area contributed by atoms with Gasteiger partial charge in [-0.05, 0) is 13.8 Å². The molecule has 0 amide bonds. The van der Waals surface area contributed by atoms with E-state index in [0.717, 1.165) is 11.1 Å². The van der Waals surface area contributed by atoms with E-state index < -0.39 is 9.87 Å². The third kappa shape index (κ3) is 1.57. The van der Waals surface area contributed by atoms with E-state index in [2.05, 4.69) is 4.99 Å². The Kier molecular flexibility index (Phi) is 2.53. The molecule has 0 N–H and O–H groups in total. The van der Waals surface area contributed by atoms with Gasteiger partial charge in [0.15, 0.2) is 4.33 Å². The first-order valence-corrected chi connectivity index (χ1v) is 5.73. The van der Waals surface area contributed by atoms with Gasteiger partial charge >= 0.3 is 0 Å². The first-order valence-electron chi connectivity index (χ1n) is 4.59. The third-order valence-corrected chi connectivity index (χ3v) is 4.25. The Morgan fingerprint density at radius 3 is 2.40 bits per heavy atom. The highest BCUT2D eigenvalue weighted by molar-refractivity contribution is 6.70. The van der Waals surface area contributed by atoms with E-state index in [1.165, 1.54) is 0 Å². The standard InChI is InChI=1S/C11H10Cl3N/c1-10(2)11(13,14)8-6-4-3-5-7(8)9(12)15-10/h3-6H,1-2H3. The van der Waals surface area contributed by atoms with E-state index in [1.807, 2.05) is 38.1 Å². The van der Waals surface area contributed by atoms with Crippen molar-refractivity contribution < 1.29 is 0 Å². The van der Waals surface area contributed by atoms with Crippen LogP contribution in [-0.4, -0.2) is 10.7 Å². The van der Waals surface area contributed by atoms with Crippen molar-refractivity contribution in [1.29, 1.82) is 0 Å². The fourth-order valence-corrected chi connectivity index (χ4v) is 2.43. The summed E-state index contributed by atoms with van der Waals surface area (Å²) in [4.78, 5) is 4.33. The first-order chi connectivity index (χ1) is 6.86. The molecule has 0 fully saturated rings. The molecule has 0 spiro atoms. The van der Waals surface area contributed by atoms with E-state index in [-0.39, 0.29) is 0 Å². The highest BCUT2D eigenvalue weighted by atomic mass is 35.5. The highest BCUT2D eigenvalue weighted by Gasteiger charge is 2.48. The summed E-state index contributed by atoms with van der Waals surface area (Å²) in [6.07, 6.45) is 0. The van der Waals surface area contributed by atoms with Crippen molar-refractivity contribution >= 4 is 40.0 Å². The predicted octanol–water partition coefficient (Wildman–Crippen LogP) is 4.09. The maximum Gasteiger partial charge on any atom is 0.168 e. The van der Waals surface area contributed by atoms with Crippen LogP contribution in [0.25, 0.3) is 0 Å². The van der Waals surface area contributed by atoms with Crippen LogP contribution in [0.3, 0.4) is 0 Å². The van der Waals surface area contributed by atoms with E-state index in [0.29, 0.717) is 5.17 Å². The van der Waals surface area contributed by atoms with Crippen LogP contribution in [0, 0.1) is 0 Å². The van der Waals surface area contributed by atoms with Crippen LogP contribution in [0.4, 0.5) is 0 Å². The topological polar surface area (TPSA) is 12.4 Å².